The molecular weight excluding hydrogens is 236 g/mol. The molecule has 0 aliphatic carbocycles. The van der Waals surface area contributed by atoms with Gasteiger partial charge in [0, 0.05) is 6.54 Å². The van der Waals surface area contributed by atoms with E-state index in [1.807, 2.05) is 4.90 Å². The predicted octanol–water partition coefficient (Wildman–Crippen LogP) is 2.76. The minimum Gasteiger partial charge on any atom is -0.322 e. The summed E-state index contributed by atoms with van der Waals surface area (Å²) in [4.78, 5) is 14.1. The van der Waals surface area contributed by atoms with Gasteiger partial charge in [0.15, 0.2) is 0 Å². The lowest BCUT2D eigenvalue weighted by molar-refractivity contribution is -0.117. The molecule has 0 heterocycles. The molecule has 0 atom stereocenters. The molecule has 0 aliphatic rings. The number of benzene rings is 1. The lowest BCUT2D eigenvalue weighted by Gasteiger charge is -2.28. The molecule has 0 aromatic heterocycles. The van der Waals surface area contributed by atoms with Crippen LogP contribution in [0, 0.1) is 5.92 Å². The van der Waals surface area contributed by atoms with Gasteiger partial charge in [-0.2, -0.15) is 0 Å². The van der Waals surface area contributed by atoms with Crippen LogP contribution in [0.15, 0.2) is 18.2 Å². The van der Waals surface area contributed by atoms with Crippen LogP contribution in [0.4, 0.5) is 5.69 Å². The second kappa shape index (κ2) is 7.29. The third-order valence-corrected chi connectivity index (χ3v) is 3.26. The fraction of sp³-hybridized carbons (Fsp3) is 0.562. The summed E-state index contributed by atoms with van der Waals surface area (Å²) in [7, 11) is 0. The largest absolute Gasteiger partial charge is 0.322 e. The molecule has 1 rings (SSSR count). The SMILES string of the molecule is CCc1cccc(CC)c1N(CC(C)C)C(=O)CN. The molecule has 1 aromatic carbocycles. The molecule has 0 unspecified atom stereocenters. The van der Waals surface area contributed by atoms with Gasteiger partial charge in [0.2, 0.25) is 5.91 Å². The van der Waals surface area contributed by atoms with Crippen molar-refractivity contribution in [3.63, 3.8) is 0 Å². The average Bonchev–Trinajstić information content (AvgIpc) is 2.42. The van der Waals surface area contributed by atoms with E-state index in [2.05, 4.69) is 45.9 Å². The molecule has 2 N–H and O–H groups in total. The van der Waals surface area contributed by atoms with Gasteiger partial charge in [-0.1, -0.05) is 45.9 Å². The molecule has 106 valence electrons. The maximum Gasteiger partial charge on any atom is 0.240 e. The van der Waals surface area contributed by atoms with Crippen LogP contribution in [-0.2, 0) is 17.6 Å². The molecule has 0 spiro atoms. The Morgan fingerprint density at radius 3 is 2.11 bits per heavy atom. The minimum atomic E-state index is 0.00398. The van der Waals surface area contributed by atoms with Gasteiger partial charge in [0.25, 0.3) is 0 Å². The Kier molecular flexibility index (Phi) is 6.03. The van der Waals surface area contributed by atoms with Gasteiger partial charge in [-0.25, -0.2) is 0 Å². The minimum absolute atomic E-state index is 0.00398. The van der Waals surface area contributed by atoms with Crippen LogP contribution in [0.3, 0.4) is 0 Å². The highest BCUT2D eigenvalue weighted by Gasteiger charge is 2.20. The van der Waals surface area contributed by atoms with E-state index in [9.17, 15) is 4.79 Å². The Hall–Kier alpha value is -1.35. The summed E-state index contributed by atoms with van der Waals surface area (Å²) in [6.45, 7) is 9.28. The molecule has 0 saturated carbocycles. The zero-order valence-electron chi connectivity index (χ0n) is 12.6. The summed E-state index contributed by atoms with van der Waals surface area (Å²) in [6.07, 6.45) is 1.85. The molecule has 3 heteroatoms. The Bertz CT molecular complexity index is 405. The van der Waals surface area contributed by atoms with Crippen LogP contribution in [-0.4, -0.2) is 19.0 Å². The normalized spacial score (nSPS) is 10.8. The summed E-state index contributed by atoms with van der Waals surface area (Å²) in [5, 5.41) is 0. The Morgan fingerprint density at radius 2 is 1.74 bits per heavy atom. The van der Waals surface area contributed by atoms with Crippen LogP contribution in [0.1, 0.15) is 38.8 Å². The van der Waals surface area contributed by atoms with Crippen LogP contribution in [0.5, 0.6) is 0 Å². The van der Waals surface area contributed by atoms with Gasteiger partial charge >= 0.3 is 0 Å². The quantitative estimate of drug-likeness (QED) is 0.857. The number of anilines is 1. The second-order valence-electron chi connectivity index (χ2n) is 5.23. The topological polar surface area (TPSA) is 46.3 Å². The number of aryl methyl sites for hydroxylation is 2. The number of hydrogen-bond donors (Lipinski definition) is 1. The van der Waals surface area contributed by atoms with Crippen molar-refractivity contribution in [2.75, 3.05) is 18.0 Å². The molecule has 0 radical (unpaired) electrons. The van der Waals surface area contributed by atoms with E-state index in [0.717, 1.165) is 25.1 Å². The van der Waals surface area contributed by atoms with Crippen molar-refractivity contribution in [2.45, 2.75) is 40.5 Å². The zero-order chi connectivity index (χ0) is 14.4. The summed E-state index contributed by atoms with van der Waals surface area (Å²) in [6, 6.07) is 6.28. The van der Waals surface area contributed by atoms with Crippen LogP contribution in [0.2, 0.25) is 0 Å². The van der Waals surface area contributed by atoms with Crippen molar-refractivity contribution in [3.05, 3.63) is 29.3 Å². The van der Waals surface area contributed by atoms with Gasteiger partial charge in [-0.15, -0.1) is 0 Å². The number of nitrogens with zero attached hydrogens (tertiary/aromatic N) is 1. The van der Waals surface area contributed by atoms with E-state index < -0.39 is 0 Å². The van der Waals surface area contributed by atoms with Crippen molar-refractivity contribution in [2.24, 2.45) is 11.7 Å². The molecule has 3 nitrogen and oxygen atoms in total. The number of carbonyl (C=O) groups excluding carboxylic acids is 1. The van der Waals surface area contributed by atoms with Crippen molar-refractivity contribution < 1.29 is 4.79 Å². The van der Waals surface area contributed by atoms with Gasteiger partial charge in [0.05, 0.1) is 12.2 Å². The smallest absolute Gasteiger partial charge is 0.240 e. The van der Waals surface area contributed by atoms with E-state index in [4.69, 9.17) is 5.73 Å². The van der Waals surface area contributed by atoms with Crippen LogP contribution < -0.4 is 10.6 Å². The third-order valence-electron chi connectivity index (χ3n) is 3.26. The first-order valence-electron chi connectivity index (χ1n) is 7.16. The number of amides is 1. The number of carbonyl (C=O) groups is 1. The third kappa shape index (κ3) is 3.80. The van der Waals surface area contributed by atoms with Gasteiger partial charge in [0.1, 0.15) is 0 Å². The molecule has 1 aromatic rings. The van der Waals surface area contributed by atoms with E-state index in [0.29, 0.717) is 5.92 Å². The predicted molar refractivity (Wildman–Crippen MR) is 81.4 cm³/mol. The monoisotopic (exact) mass is 262 g/mol. The number of para-hydroxylation sites is 1. The van der Waals surface area contributed by atoms with Crippen molar-refractivity contribution >= 4 is 11.6 Å². The Balaban J connectivity index is 3.30. The fourth-order valence-electron chi connectivity index (χ4n) is 2.35. The molecule has 0 saturated heterocycles. The molecule has 0 aliphatic heterocycles. The zero-order valence-corrected chi connectivity index (χ0v) is 12.6. The maximum atomic E-state index is 12.2. The highest BCUT2D eigenvalue weighted by Crippen LogP contribution is 2.27. The lowest BCUT2D eigenvalue weighted by Crippen LogP contribution is -2.39. The summed E-state index contributed by atoms with van der Waals surface area (Å²) >= 11 is 0. The molecular formula is C16H26N2O. The number of rotatable bonds is 6. The molecule has 0 fully saturated rings. The summed E-state index contributed by atoms with van der Waals surface area (Å²) < 4.78 is 0. The van der Waals surface area contributed by atoms with Crippen LogP contribution in [0.25, 0.3) is 0 Å². The van der Waals surface area contributed by atoms with Crippen LogP contribution >= 0.6 is 0 Å². The van der Waals surface area contributed by atoms with Gasteiger partial charge in [-0.3, -0.25) is 4.79 Å². The maximum absolute atomic E-state index is 12.2. The first-order chi connectivity index (χ1) is 9.04. The van der Waals surface area contributed by atoms with E-state index in [1.54, 1.807) is 0 Å². The van der Waals surface area contributed by atoms with Gasteiger partial charge in [-0.05, 0) is 29.9 Å². The van der Waals surface area contributed by atoms with E-state index >= 15 is 0 Å². The molecule has 19 heavy (non-hydrogen) atoms. The number of hydrogen-bond acceptors (Lipinski definition) is 2. The highest BCUT2D eigenvalue weighted by molar-refractivity contribution is 5.96. The fourth-order valence-corrected chi connectivity index (χ4v) is 2.35. The first-order valence-corrected chi connectivity index (χ1v) is 7.16. The number of nitrogens with two attached hydrogens (primary N) is 1. The lowest BCUT2D eigenvalue weighted by atomic mass is 10.0. The van der Waals surface area contributed by atoms with Crippen molar-refractivity contribution in [1.29, 1.82) is 0 Å². The van der Waals surface area contributed by atoms with E-state index in [1.165, 1.54) is 11.1 Å². The van der Waals surface area contributed by atoms with Crippen molar-refractivity contribution in [1.82, 2.24) is 0 Å². The van der Waals surface area contributed by atoms with E-state index in [-0.39, 0.29) is 12.5 Å². The average molecular weight is 262 g/mol. The second-order valence-corrected chi connectivity index (χ2v) is 5.23. The van der Waals surface area contributed by atoms with Gasteiger partial charge < -0.3 is 10.6 Å². The molecule has 0 bridgehead atoms. The van der Waals surface area contributed by atoms with Crippen molar-refractivity contribution in [3.8, 4) is 0 Å². The molecule has 1 amide bonds. The first kappa shape index (κ1) is 15.7. The Morgan fingerprint density at radius 1 is 1.21 bits per heavy atom. The Labute approximate surface area is 116 Å². The summed E-state index contributed by atoms with van der Waals surface area (Å²) in [5.41, 5.74) is 9.11. The summed E-state index contributed by atoms with van der Waals surface area (Å²) in [5.74, 6) is 0.425. The standard InChI is InChI=1S/C16H26N2O/c1-5-13-8-7-9-14(6-2)16(13)18(11-12(3)4)15(19)10-17/h7-9,12H,5-6,10-11,17H2,1-4H3. The highest BCUT2D eigenvalue weighted by atomic mass is 16.2.